The van der Waals surface area contributed by atoms with Gasteiger partial charge in [-0.2, -0.15) is 0 Å². The van der Waals surface area contributed by atoms with E-state index >= 15 is 0 Å². The maximum Gasteiger partial charge on any atom is 0.202 e. The Morgan fingerprint density at radius 3 is 2.24 bits per heavy atom. The summed E-state index contributed by atoms with van der Waals surface area (Å²) >= 11 is 1.77. The standard InChI is InChI=1S/C15H9IO5/c1-5-12(18)10-9(11(16)13(5)19)14(20)6-3-2-4-7(17)8(6)15(10)21/h2-4,17-19H,1H3. The molecule has 1 aliphatic carbocycles. The fourth-order valence-electron chi connectivity index (χ4n) is 2.47. The van der Waals surface area contributed by atoms with Crippen LogP contribution >= 0.6 is 22.6 Å². The van der Waals surface area contributed by atoms with E-state index in [0.29, 0.717) is 0 Å². The van der Waals surface area contributed by atoms with Gasteiger partial charge in [-0.25, -0.2) is 0 Å². The number of phenols is 3. The maximum atomic E-state index is 12.6. The van der Waals surface area contributed by atoms with Crippen LogP contribution in [0.25, 0.3) is 0 Å². The molecule has 0 saturated heterocycles. The Morgan fingerprint density at radius 2 is 1.57 bits per heavy atom. The average Bonchev–Trinajstić information content (AvgIpc) is 2.46. The van der Waals surface area contributed by atoms with Crippen LogP contribution in [0.4, 0.5) is 0 Å². The molecule has 3 rings (SSSR count). The average molecular weight is 396 g/mol. The molecule has 1 aliphatic rings. The molecule has 106 valence electrons. The third-order valence-corrected chi connectivity index (χ3v) is 4.64. The molecule has 0 atom stereocenters. The largest absolute Gasteiger partial charge is 0.507 e. The first-order valence-electron chi connectivity index (χ1n) is 6.01. The molecule has 0 unspecified atom stereocenters. The van der Waals surface area contributed by atoms with Gasteiger partial charge < -0.3 is 15.3 Å². The third-order valence-electron chi connectivity index (χ3n) is 3.59. The van der Waals surface area contributed by atoms with Crippen LogP contribution in [0.3, 0.4) is 0 Å². The highest BCUT2D eigenvalue weighted by molar-refractivity contribution is 14.1. The van der Waals surface area contributed by atoms with Crippen molar-refractivity contribution in [1.82, 2.24) is 0 Å². The Labute approximate surface area is 133 Å². The number of rotatable bonds is 0. The van der Waals surface area contributed by atoms with Crippen molar-refractivity contribution in [3.05, 3.63) is 49.6 Å². The number of carbonyl (C=O) groups excluding carboxylic acids is 2. The van der Waals surface area contributed by atoms with Crippen LogP contribution < -0.4 is 0 Å². The first-order chi connectivity index (χ1) is 9.86. The summed E-state index contributed by atoms with van der Waals surface area (Å²) in [5.41, 5.74) is -0.134. The fourth-order valence-corrected chi connectivity index (χ4v) is 3.39. The summed E-state index contributed by atoms with van der Waals surface area (Å²) in [4.78, 5) is 25.1. The van der Waals surface area contributed by atoms with Crippen molar-refractivity contribution < 1.29 is 24.9 Å². The number of fused-ring (bicyclic) bond motifs is 2. The molecule has 0 radical (unpaired) electrons. The first kappa shape index (κ1) is 13.9. The summed E-state index contributed by atoms with van der Waals surface area (Å²) in [5.74, 6) is -2.11. The third kappa shape index (κ3) is 1.68. The molecule has 0 heterocycles. The predicted octanol–water partition coefficient (Wildman–Crippen LogP) is 2.49. The normalized spacial score (nSPS) is 13.0. The molecule has 2 aromatic carbocycles. The lowest BCUT2D eigenvalue weighted by Crippen LogP contribution is -2.23. The Bertz CT molecular complexity index is 839. The van der Waals surface area contributed by atoms with Crippen molar-refractivity contribution in [2.45, 2.75) is 6.92 Å². The molecule has 0 amide bonds. The van der Waals surface area contributed by atoms with Gasteiger partial charge in [-0.15, -0.1) is 0 Å². The molecule has 6 heteroatoms. The van der Waals surface area contributed by atoms with Gasteiger partial charge in [0.15, 0.2) is 5.78 Å². The zero-order chi connectivity index (χ0) is 15.5. The van der Waals surface area contributed by atoms with Crippen LogP contribution in [0.1, 0.15) is 37.4 Å². The second-order valence-electron chi connectivity index (χ2n) is 4.74. The SMILES string of the molecule is Cc1c(O)c(I)c2c(c1O)C(=O)c1c(O)cccc1C2=O. The van der Waals surface area contributed by atoms with Gasteiger partial charge in [0.2, 0.25) is 5.78 Å². The quantitative estimate of drug-likeness (QED) is 0.508. The molecule has 0 bridgehead atoms. The second kappa shape index (κ2) is 4.45. The number of ketones is 2. The molecular formula is C15H9IO5. The maximum absolute atomic E-state index is 12.6. The lowest BCUT2D eigenvalue weighted by Gasteiger charge is -2.22. The van der Waals surface area contributed by atoms with Crippen molar-refractivity contribution >= 4 is 34.2 Å². The summed E-state index contributed by atoms with van der Waals surface area (Å²) in [6.07, 6.45) is 0. The molecule has 5 nitrogen and oxygen atoms in total. The Kier molecular flexibility index (Phi) is 2.94. The van der Waals surface area contributed by atoms with Gasteiger partial charge in [0.05, 0.1) is 20.3 Å². The van der Waals surface area contributed by atoms with Crippen LogP contribution in [0, 0.1) is 10.5 Å². The number of phenolic OH excluding ortho intramolecular Hbond substituents is 3. The summed E-state index contributed by atoms with van der Waals surface area (Å²) in [6, 6.07) is 4.21. The smallest absolute Gasteiger partial charge is 0.202 e. The van der Waals surface area contributed by atoms with Gasteiger partial charge in [0.1, 0.15) is 17.2 Å². The summed E-state index contributed by atoms with van der Waals surface area (Å²) in [6.45, 7) is 1.45. The van der Waals surface area contributed by atoms with E-state index in [2.05, 4.69) is 0 Å². The highest BCUT2D eigenvalue weighted by Crippen LogP contribution is 2.44. The minimum absolute atomic E-state index is 0.0284. The van der Waals surface area contributed by atoms with E-state index in [1.807, 2.05) is 0 Å². The predicted molar refractivity (Wildman–Crippen MR) is 82.2 cm³/mol. The molecule has 3 N–H and O–H groups in total. The highest BCUT2D eigenvalue weighted by atomic mass is 127. The number of hydrogen-bond acceptors (Lipinski definition) is 5. The number of aromatic hydroxyl groups is 3. The van der Waals surface area contributed by atoms with Crippen LogP contribution in [0.15, 0.2) is 18.2 Å². The second-order valence-corrected chi connectivity index (χ2v) is 5.82. The van der Waals surface area contributed by atoms with Crippen LogP contribution in [-0.4, -0.2) is 26.9 Å². The van der Waals surface area contributed by atoms with E-state index in [4.69, 9.17) is 0 Å². The number of halogens is 1. The van der Waals surface area contributed by atoms with Gasteiger partial charge >= 0.3 is 0 Å². The molecular weight excluding hydrogens is 387 g/mol. The number of carbonyl (C=O) groups is 2. The lowest BCUT2D eigenvalue weighted by atomic mass is 9.82. The van der Waals surface area contributed by atoms with Crippen LogP contribution in [0.5, 0.6) is 17.2 Å². The van der Waals surface area contributed by atoms with E-state index in [-0.39, 0.29) is 42.9 Å². The zero-order valence-electron chi connectivity index (χ0n) is 10.8. The minimum atomic E-state index is -0.629. The van der Waals surface area contributed by atoms with Crippen molar-refractivity contribution in [2.75, 3.05) is 0 Å². The van der Waals surface area contributed by atoms with E-state index in [1.165, 1.54) is 25.1 Å². The highest BCUT2D eigenvalue weighted by Gasteiger charge is 2.37. The van der Waals surface area contributed by atoms with Gasteiger partial charge in [0, 0.05) is 11.1 Å². The summed E-state index contributed by atoms with van der Waals surface area (Å²) in [5, 5.41) is 30.0. The summed E-state index contributed by atoms with van der Waals surface area (Å²) < 4.78 is 0.213. The van der Waals surface area contributed by atoms with Crippen molar-refractivity contribution in [2.24, 2.45) is 0 Å². The molecule has 21 heavy (non-hydrogen) atoms. The number of hydrogen-bond donors (Lipinski definition) is 3. The van der Waals surface area contributed by atoms with Crippen molar-refractivity contribution in [1.29, 1.82) is 0 Å². The molecule has 2 aromatic rings. The number of benzene rings is 2. The fraction of sp³-hybridized carbons (Fsp3) is 0.0667. The van der Waals surface area contributed by atoms with Gasteiger partial charge in [0.25, 0.3) is 0 Å². The van der Waals surface area contributed by atoms with E-state index in [9.17, 15) is 24.9 Å². The van der Waals surface area contributed by atoms with Crippen LogP contribution in [-0.2, 0) is 0 Å². The van der Waals surface area contributed by atoms with E-state index in [0.717, 1.165) is 0 Å². The van der Waals surface area contributed by atoms with Crippen molar-refractivity contribution in [3.63, 3.8) is 0 Å². The van der Waals surface area contributed by atoms with Gasteiger partial charge in [-0.3, -0.25) is 9.59 Å². The molecule has 0 fully saturated rings. The first-order valence-corrected chi connectivity index (χ1v) is 7.09. The Hall–Kier alpha value is -2.09. The molecule has 0 aromatic heterocycles. The van der Waals surface area contributed by atoms with Gasteiger partial charge in [-0.1, -0.05) is 12.1 Å². The summed E-state index contributed by atoms with van der Waals surface area (Å²) in [7, 11) is 0. The topological polar surface area (TPSA) is 94.8 Å². The monoisotopic (exact) mass is 396 g/mol. The minimum Gasteiger partial charge on any atom is -0.507 e. The van der Waals surface area contributed by atoms with E-state index in [1.54, 1.807) is 22.6 Å². The van der Waals surface area contributed by atoms with Gasteiger partial charge in [-0.05, 0) is 35.6 Å². The lowest BCUT2D eigenvalue weighted by molar-refractivity contribution is 0.0973. The Morgan fingerprint density at radius 1 is 0.905 bits per heavy atom. The van der Waals surface area contributed by atoms with E-state index < -0.39 is 17.3 Å². The molecule has 0 aliphatic heterocycles. The van der Waals surface area contributed by atoms with Crippen molar-refractivity contribution in [3.8, 4) is 17.2 Å². The Balaban J connectivity index is 2.47. The molecule has 0 spiro atoms. The zero-order valence-corrected chi connectivity index (χ0v) is 12.9. The van der Waals surface area contributed by atoms with Crippen LogP contribution in [0.2, 0.25) is 0 Å². The molecule has 0 saturated carbocycles.